The summed E-state index contributed by atoms with van der Waals surface area (Å²) in [6.07, 6.45) is 3.25. The van der Waals surface area contributed by atoms with Crippen molar-refractivity contribution < 1.29 is 0 Å². The standard InChI is InChI=1S/C13H24N4/c1-5-12-9-16(11(4)8-14-12)13-6-7-17(15-13)10(2)3/h6-7,10-12,14H,5,8-9H2,1-4H3. The van der Waals surface area contributed by atoms with Crippen molar-refractivity contribution in [3.05, 3.63) is 12.3 Å². The summed E-state index contributed by atoms with van der Waals surface area (Å²) < 4.78 is 2.03. The van der Waals surface area contributed by atoms with Gasteiger partial charge in [-0.15, -0.1) is 0 Å². The average molecular weight is 236 g/mol. The smallest absolute Gasteiger partial charge is 0.150 e. The van der Waals surface area contributed by atoms with Gasteiger partial charge in [-0.25, -0.2) is 0 Å². The third kappa shape index (κ3) is 2.63. The van der Waals surface area contributed by atoms with Crippen LogP contribution in [0.25, 0.3) is 0 Å². The van der Waals surface area contributed by atoms with Gasteiger partial charge in [0.25, 0.3) is 0 Å². The minimum atomic E-state index is 0.434. The fraction of sp³-hybridized carbons (Fsp3) is 0.769. The maximum Gasteiger partial charge on any atom is 0.150 e. The van der Waals surface area contributed by atoms with Gasteiger partial charge in [0.15, 0.2) is 5.82 Å². The van der Waals surface area contributed by atoms with Crippen molar-refractivity contribution in [1.82, 2.24) is 15.1 Å². The number of hydrogen-bond acceptors (Lipinski definition) is 3. The number of rotatable bonds is 3. The SMILES string of the molecule is CCC1CN(c2ccn(C(C)C)n2)C(C)CN1. The van der Waals surface area contributed by atoms with Gasteiger partial charge in [-0.05, 0) is 27.2 Å². The molecular formula is C13H24N4. The zero-order valence-electron chi connectivity index (χ0n) is 11.3. The summed E-state index contributed by atoms with van der Waals surface area (Å²) in [7, 11) is 0. The van der Waals surface area contributed by atoms with Gasteiger partial charge in [-0.2, -0.15) is 5.10 Å². The van der Waals surface area contributed by atoms with Crippen LogP contribution >= 0.6 is 0 Å². The Balaban J connectivity index is 2.13. The molecule has 2 heterocycles. The normalized spacial score (nSPS) is 25.6. The molecule has 1 fully saturated rings. The van der Waals surface area contributed by atoms with Crippen LogP contribution in [0.2, 0.25) is 0 Å². The average Bonchev–Trinajstić information content (AvgIpc) is 2.79. The van der Waals surface area contributed by atoms with Crippen LogP contribution in [-0.2, 0) is 0 Å². The first kappa shape index (κ1) is 12.4. The molecule has 2 rings (SSSR count). The third-order valence-electron chi connectivity index (χ3n) is 3.56. The van der Waals surface area contributed by atoms with E-state index in [4.69, 9.17) is 0 Å². The molecule has 0 saturated carbocycles. The summed E-state index contributed by atoms with van der Waals surface area (Å²) in [6, 6.07) is 3.68. The molecule has 2 atom stereocenters. The molecule has 4 heteroatoms. The summed E-state index contributed by atoms with van der Waals surface area (Å²) in [5.74, 6) is 1.12. The van der Waals surface area contributed by atoms with E-state index < -0.39 is 0 Å². The molecule has 0 bridgehead atoms. The fourth-order valence-electron chi connectivity index (χ4n) is 2.29. The molecule has 2 unspecified atom stereocenters. The van der Waals surface area contributed by atoms with Gasteiger partial charge in [0.2, 0.25) is 0 Å². The second-order valence-electron chi connectivity index (χ2n) is 5.26. The second kappa shape index (κ2) is 5.08. The Morgan fingerprint density at radius 3 is 2.88 bits per heavy atom. The van der Waals surface area contributed by atoms with Crippen LogP contribution in [0.1, 0.15) is 40.2 Å². The number of hydrogen-bond donors (Lipinski definition) is 1. The molecular weight excluding hydrogens is 212 g/mol. The fourth-order valence-corrected chi connectivity index (χ4v) is 2.29. The van der Waals surface area contributed by atoms with E-state index in [-0.39, 0.29) is 0 Å². The third-order valence-corrected chi connectivity index (χ3v) is 3.56. The van der Waals surface area contributed by atoms with Gasteiger partial charge >= 0.3 is 0 Å². The molecule has 1 saturated heterocycles. The van der Waals surface area contributed by atoms with Crippen LogP contribution in [0.3, 0.4) is 0 Å². The lowest BCUT2D eigenvalue weighted by atomic mass is 10.1. The van der Waals surface area contributed by atoms with Crippen LogP contribution in [0.15, 0.2) is 12.3 Å². The first-order chi connectivity index (χ1) is 8.11. The lowest BCUT2D eigenvalue weighted by molar-refractivity contribution is 0.393. The Labute approximate surface area is 104 Å². The maximum atomic E-state index is 4.67. The molecule has 1 aliphatic rings. The Morgan fingerprint density at radius 2 is 2.29 bits per heavy atom. The predicted octanol–water partition coefficient (Wildman–Crippen LogP) is 2.04. The Kier molecular flexibility index (Phi) is 3.72. The molecule has 1 aromatic rings. The quantitative estimate of drug-likeness (QED) is 0.872. The topological polar surface area (TPSA) is 33.1 Å². The van der Waals surface area contributed by atoms with Crippen LogP contribution in [0.5, 0.6) is 0 Å². The Morgan fingerprint density at radius 1 is 1.53 bits per heavy atom. The van der Waals surface area contributed by atoms with Crippen molar-refractivity contribution in [2.24, 2.45) is 0 Å². The minimum Gasteiger partial charge on any atom is -0.350 e. The molecule has 17 heavy (non-hydrogen) atoms. The summed E-state index contributed by atoms with van der Waals surface area (Å²) in [6.45, 7) is 10.9. The molecule has 96 valence electrons. The Bertz CT molecular complexity index is 358. The van der Waals surface area contributed by atoms with E-state index in [1.54, 1.807) is 0 Å². The molecule has 1 aliphatic heterocycles. The van der Waals surface area contributed by atoms with Gasteiger partial charge < -0.3 is 10.2 Å². The summed E-state index contributed by atoms with van der Waals surface area (Å²) >= 11 is 0. The van der Waals surface area contributed by atoms with E-state index in [9.17, 15) is 0 Å². The van der Waals surface area contributed by atoms with Crippen molar-refractivity contribution in [3.63, 3.8) is 0 Å². The van der Waals surface area contributed by atoms with E-state index in [0.29, 0.717) is 18.1 Å². The summed E-state index contributed by atoms with van der Waals surface area (Å²) in [5, 5.41) is 8.24. The highest BCUT2D eigenvalue weighted by molar-refractivity contribution is 5.39. The van der Waals surface area contributed by atoms with Crippen molar-refractivity contribution >= 4 is 5.82 Å². The van der Waals surface area contributed by atoms with Crippen LogP contribution < -0.4 is 10.2 Å². The first-order valence-electron chi connectivity index (χ1n) is 6.67. The number of nitrogens with one attached hydrogen (secondary N) is 1. The largest absolute Gasteiger partial charge is 0.350 e. The summed E-state index contributed by atoms with van der Waals surface area (Å²) in [4.78, 5) is 2.42. The maximum absolute atomic E-state index is 4.67. The molecule has 4 nitrogen and oxygen atoms in total. The zero-order valence-corrected chi connectivity index (χ0v) is 11.3. The number of piperazine rings is 1. The van der Waals surface area contributed by atoms with E-state index >= 15 is 0 Å². The lowest BCUT2D eigenvalue weighted by Gasteiger charge is -2.38. The van der Waals surface area contributed by atoms with Crippen LogP contribution in [0.4, 0.5) is 5.82 Å². The van der Waals surface area contributed by atoms with Crippen molar-refractivity contribution in [2.75, 3.05) is 18.0 Å². The number of aromatic nitrogens is 2. The molecule has 0 amide bonds. The van der Waals surface area contributed by atoms with Crippen LogP contribution in [-0.4, -0.2) is 35.0 Å². The van der Waals surface area contributed by atoms with Crippen LogP contribution in [0, 0.1) is 0 Å². The number of anilines is 1. The van der Waals surface area contributed by atoms with E-state index in [1.807, 2.05) is 4.68 Å². The molecule has 0 aliphatic carbocycles. The van der Waals surface area contributed by atoms with E-state index in [0.717, 1.165) is 18.9 Å². The molecule has 0 aromatic carbocycles. The minimum absolute atomic E-state index is 0.434. The molecule has 0 radical (unpaired) electrons. The van der Waals surface area contributed by atoms with Gasteiger partial charge in [-0.3, -0.25) is 4.68 Å². The highest BCUT2D eigenvalue weighted by atomic mass is 15.4. The second-order valence-corrected chi connectivity index (χ2v) is 5.26. The Hall–Kier alpha value is -1.03. The van der Waals surface area contributed by atoms with E-state index in [1.165, 1.54) is 6.42 Å². The molecule has 1 aromatic heterocycles. The first-order valence-corrected chi connectivity index (χ1v) is 6.67. The van der Waals surface area contributed by atoms with Crippen molar-refractivity contribution in [2.45, 2.75) is 52.2 Å². The number of nitrogens with zero attached hydrogens (tertiary/aromatic N) is 3. The highest BCUT2D eigenvalue weighted by Crippen LogP contribution is 2.19. The van der Waals surface area contributed by atoms with Gasteiger partial charge in [0, 0.05) is 43.5 Å². The predicted molar refractivity (Wildman–Crippen MR) is 71.5 cm³/mol. The molecule has 0 spiro atoms. The van der Waals surface area contributed by atoms with Crippen molar-refractivity contribution in [1.29, 1.82) is 0 Å². The monoisotopic (exact) mass is 236 g/mol. The molecule has 1 N–H and O–H groups in total. The van der Waals surface area contributed by atoms with Gasteiger partial charge in [0.1, 0.15) is 0 Å². The van der Waals surface area contributed by atoms with E-state index in [2.05, 4.69) is 55.3 Å². The summed E-state index contributed by atoms with van der Waals surface area (Å²) in [5.41, 5.74) is 0. The zero-order chi connectivity index (χ0) is 12.4. The lowest BCUT2D eigenvalue weighted by Crippen LogP contribution is -2.55. The van der Waals surface area contributed by atoms with Gasteiger partial charge in [0.05, 0.1) is 0 Å². The highest BCUT2D eigenvalue weighted by Gasteiger charge is 2.25. The van der Waals surface area contributed by atoms with Gasteiger partial charge in [-0.1, -0.05) is 6.92 Å². The van der Waals surface area contributed by atoms with Crippen molar-refractivity contribution in [3.8, 4) is 0 Å².